The summed E-state index contributed by atoms with van der Waals surface area (Å²) in [5.41, 5.74) is 15.1. The highest BCUT2D eigenvalue weighted by atomic mass is 15.0. The van der Waals surface area contributed by atoms with Gasteiger partial charge in [-0.05, 0) is 87.0 Å². The van der Waals surface area contributed by atoms with Crippen molar-refractivity contribution in [3.8, 4) is 84.4 Å². The summed E-state index contributed by atoms with van der Waals surface area (Å²) in [4.78, 5) is 15.6. The minimum atomic E-state index is 0.611. The van der Waals surface area contributed by atoms with Crippen LogP contribution in [-0.2, 0) is 0 Å². The van der Waals surface area contributed by atoms with E-state index in [2.05, 4.69) is 199 Å². The van der Waals surface area contributed by atoms with Crippen LogP contribution in [0.2, 0.25) is 0 Å². The van der Waals surface area contributed by atoms with E-state index in [1.54, 1.807) is 0 Å². The molecule has 0 aliphatic heterocycles. The smallest absolute Gasteiger partial charge is 0.164 e. The Bertz CT molecular complexity index is 3270. The molecular formula is C57H38N4. The van der Waals surface area contributed by atoms with Crippen molar-refractivity contribution in [1.29, 1.82) is 0 Å². The molecule has 4 heteroatoms. The molecule has 9 aromatic carbocycles. The summed E-state index contributed by atoms with van der Waals surface area (Å²) in [6.45, 7) is 0. The summed E-state index contributed by atoms with van der Waals surface area (Å²) < 4.78 is 2.37. The minimum Gasteiger partial charge on any atom is -0.309 e. The van der Waals surface area contributed by atoms with Crippen LogP contribution in [0.1, 0.15) is 0 Å². The molecule has 0 aliphatic carbocycles. The molecule has 0 saturated heterocycles. The monoisotopic (exact) mass is 778 g/mol. The average Bonchev–Trinajstić information content (AvgIpc) is 3.68. The van der Waals surface area contributed by atoms with Crippen LogP contribution in [0.25, 0.3) is 106 Å². The van der Waals surface area contributed by atoms with Crippen molar-refractivity contribution >= 4 is 21.8 Å². The molecule has 11 aromatic rings. The molecule has 0 radical (unpaired) electrons. The van der Waals surface area contributed by atoms with Crippen LogP contribution in [0.5, 0.6) is 0 Å². The predicted octanol–water partition coefficient (Wildman–Crippen LogP) is 14.6. The third-order valence-corrected chi connectivity index (χ3v) is 11.5. The number of para-hydroxylation sites is 2. The van der Waals surface area contributed by atoms with E-state index < -0.39 is 0 Å². The Hall–Kier alpha value is -8.21. The van der Waals surface area contributed by atoms with E-state index in [9.17, 15) is 0 Å². The van der Waals surface area contributed by atoms with Crippen LogP contribution >= 0.6 is 0 Å². The van der Waals surface area contributed by atoms with Gasteiger partial charge in [-0.15, -0.1) is 0 Å². The third kappa shape index (κ3) is 6.76. The Balaban J connectivity index is 1.18. The highest BCUT2D eigenvalue weighted by Crippen LogP contribution is 2.43. The van der Waals surface area contributed by atoms with Gasteiger partial charge in [0.05, 0.1) is 11.0 Å². The summed E-state index contributed by atoms with van der Waals surface area (Å²) in [6.07, 6.45) is 0. The number of fused-ring (bicyclic) bond motifs is 3. The molecule has 2 heterocycles. The molecule has 286 valence electrons. The third-order valence-electron chi connectivity index (χ3n) is 11.5. The first kappa shape index (κ1) is 35.9. The number of hydrogen-bond donors (Lipinski definition) is 0. The fourth-order valence-electron chi connectivity index (χ4n) is 8.53. The van der Waals surface area contributed by atoms with E-state index in [4.69, 9.17) is 15.0 Å². The number of benzene rings is 9. The van der Waals surface area contributed by atoms with Gasteiger partial charge < -0.3 is 4.57 Å². The van der Waals surface area contributed by atoms with Crippen molar-refractivity contribution in [1.82, 2.24) is 19.5 Å². The lowest BCUT2D eigenvalue weighted by Gasteiger charge is -2.18. The summed E-state index contributed by atoms with van der Waals surface area (Å²) in [5.74, 6) is 1.86. The zero-order chi connectivity index (χ0) is 40.5. The lowest BCUT2D eigenvalue weighted by Crippen LogP contribution is -2.01. The molecule has 2 aromatic heterocycles. The zero-order valence-corrected chi connectivity index (χ0v) is 33.2. The Labute approximate surface area is 354 Å². The van der Waals surface area contributed by atoms with Gasteiger partial charge in [-0.3, -0.25) is 0 Å². The van der Waals surface area contributed by atoms with E-state index >= 15 is 0 Å². The van der Waals surface area contributed by atoms with Crippen LogP contribution in [0.3, 0.4) is 0 Å². The van der Waals surface area contributed by atoms with Gasteiger partial charge in [0.2, 0.25) is 0 Å². The maximum absolute atomic E-state index is 5.27. The molecule has 0 saturated carbocycles. The van der Waals surface area contributed by atoms with Gasteiger partial charge in [0.1, 0.15) is 0 Å². The maximum Gasteiger partial charge on any atom is 0.164 e. The van der Waals surface area contributed by atoms with E-state index in [1.807, 2.05) is 36.4 Å². The molecule has 0 unspecified atom stereocenters. The molecule has 0 bridgehead atoms. The topological polar surface area (TPSA) is 43.6 Å². The summed E-state index contributed by atoms with van der Waals surface area (Å²) in [5, 5.41) is 2.41. The number of aromatic nitrogens is 4. The number of nitrogens with zero attached hydrogens (tertiary/aromatic N) is 4. The molecule has 4 nitrogen and oxygen atoms in total. The molecule has 0 N–H and O–H groups in total. The SMILES string of the molecule is c1ccc(-c2ccc(-c3ccc(-c4ccccc4)cc3-c3nc(-c4ccccc4)nc(-c4ccccc4)n3)c(-c3ccc4c(c3)c3ccccc3n4-c3ccccc3)c2)cc1. The van der Waals surface area contributed by atoms with E-state index in [0.717, 1.165) is 72.4 Å². The highest BCUT2D eigenvalue weighted by molar-refractivity contribution is 6.11. The normalized spacial score (nSPS) is 11.3. The van der Waals surface area contributed by atoms with Gasteiger partial charge in [-0.2, -0.15) is 0 Å². The van der Waals surface area contributed by atoms with Crippen molar-refractivity contribution in [2.24, 2.45) is 0 Å². The Morgan fingerprint density at radius 2 is 0.672 bits per heavy atom. The maximum atomic E-state index is 5.27. The molecule has 11 rings (SSSR count). The Kier molecular flexibility index (Phi) is 9.14. The predicted molar refractivity (Wildman–Crippen MR) is 252 cm³/mol. The molecule has 0 spiro atoms. The lowest BCUT2D eigenvalue weighted by atomic mass is 9.87. The second-order valence-corrected chi connectivity index (χ2v) is 15.2. The van der Waals surface area contributed by atoms with Crippen molar-refractivity contribution in [2.75, 3.05) is 0 Å². The van der Waals surface area contributed by atoms with Gasteiger partial charge in [-0.25, -0.2) is 15.0 Å². The lowest BCUT2D eigenvalue weighted by molar-refractivity contribution is 1.07. The quantitative estimate of drug-likeness (QED) is 0.154. The van der Waals surface area contributed by atoms with Gasteiger partial charge in [0.15, 0.2) is 17.5 Å². The van der Waals surface area contributed by atoms with Gasteiger partial charge in [0.25, 0.3) is 0 Å². The van der Waals surface area contributed by atoms with E-state index in [1.165, 1.54) is 16.3 Å². The first-order valence-corrected chi connectivity index (χ1v) is 20.6. The highest BCUT2D eigenvalue weighted by Gasteiger charge is 2.21. The van der Waals surface area contributed by atoms with Crippen molar-refractivity contribution in [2.45, 2.75) is 0 Å². The van der Waals surface area contributed by atoms with Crippen LogP contribution < -0.4 is 0 Å². The van der Waals surface area contributed by atoms with Crippen molar-refractivity contribution in [3.63, 3.8) is 0 Å². The fourth-order valence-corrected chi connectivity index (χ4v) is 8.53. The first-order valence-electron chi connectivity index (χ1n) is 20.6. The van der Waals surface area contributed by atoms with Crippen molar-refractivity contribution < 1.29 is 0 Å². The molecule has 0 amide bonds. The molecule has 0 atom stereocenters. The summed E-state index contributed by atoms with van der Waals surface area (Å²) >= 11 is 0. The van der Waals surface area contributed by atoms with Crippen LogP contribution in [0.4, 0.5) is 0 Å². The van der Waals surface area contributed by atoms with Gasteiger partial charge >= 0.3 is 0 Å². The molecule has 0 fully saturated rings. The van der Waals surface area contributed by atoms with E-state index in [-0.39, 0.29) is 0 Å². The Morgan fingerprint density at radius 1 is 0.246 bits per heavy atom. The van der Waals surface area contributed by atoms with Crippen LogP contribution in [0, 0.1) is 0 Å². The summed E-state index contributed by atoms with van der Waals surface area (Å²) in [6, 6.07) is 81.3. The number of hydrogen-bond acceptors (Lipinski definition) is 3. The van der Waals surface area contributed by atoms with Crippen LogP contribution in [0.15, 0.2) is 231 Å². The molecule has 0 aliphatic rings. The van der Waals surface area contributed by atoms with Crippen LogP contribution in [-0.4, -0.2) is 19.5 Å². The second-order valence-electron chi connectivity index (χ2n) is 15.2. The largest absolute Gasteiger partial charge is 0.309 e. The van der Waals surface area contributed by atoms with Gasteiger partial charge in [0, 0.05) is 33.2 Å². The minimum absolute atomic E-state index is 0.611. The van der Waals surface area contributed by atoms with Crippen molar-refractivity contribution in [3.05, 3.63) is 231 Å². The van der Waals surface area contributed by atoms with E-state index in [0.29, 0.717) is 17.5 Å². The zero-order valence-electron chi connectivity index (χ0n) is 33.2. The second kappa shape index (κ2) is 15.5. The standard InChI is InChI=1S/C57H38N4/c1-6-18-39(19-7-1)43-30-33-47(50(36-43)45-32-35-54-51(38-45)49-28-16-17-29-53(49)61(54)46-26-14-5-15-27-46)48-34-31-44(40-20-8-2-9-21-40)37-52(48)57-59-55(41-22-10-3-11-23-41)58-56(60-57)42-24-12-4-13-25-42/h1-38H. The van der Waals surface area contributed by atoms with Gasteiger partial charge in [-0.1, -0.05) is 188 Å². The molecular weight excluding hydrogens is 741 g/mol. The summed E-state index contributed by atoms with van der Waals surface area (Å²) in [7, 11) is 0. The number of rotatable bonds is 8. The average molecular weight is 779 g/mol. The fraction of sp³-hybridized carbons (Fsp3) is 0. The molecule has 61 heavy (non-hydrogen) atoms. The Morgan fingerprint density at radius 3 is 1.25 bits per heavy atom. The first-order chi connectivity index (χ1) is 30.2.